The molecule has 0 radical (unpaired) electrons. The Morgan fingerprint density at radius 3 is 2.45 bits per heavy atom. The third kappa shape index (κ3) is 8.13. The summed E-state index contributed by atoms with van der Waals surface area (Å²) in [5, 5.41) is 16.4. The van der Waals surface area contributed by atoms with Crippen LogP contribution in [-0.4, -0.2) is 36.3 Å². The first-order valence-corrected chi connectivity index (χ1v) is 9.91. The first kappa shape index (κ1) is 22.7. The molecular formula is C23H32N2O4. The van der Waals surface area contributed by atoms with Gasteiger partial charge >= 0.3 is 0 Å². The molecule has 0 aliphatic carbocycles. The van der Waals surface area contributed by atoms with E-state index in [0.29, 0.717) is 31.2 Å². The highest BCUT2D eigenvalue weighted by Crippen LogP contribution is 2.28. The van der Waals surface area contributed by atoms with Crippen molar-refractivity contribution in [2.24, 2.45) is 0 Å². The minimum absolute atomic E-state index is 0.0712. The number of hydrogen-bond acceptors (Lipinski definition) is 5. The van der Waals surface area contributed by atoms with E-state index in [2.05, 4.69) is 10.6 Å². The lowest BCUT2D eigenvalue weighted by molar-refractivity contribution is -0.124. The Labute approximate surface area is 173 Å². The van der Waals surface area contributed by atoms with E-state index in [0.717, 1.165) is 11.1 Å². The molecule has 0 heterocycles. The lowest BCUT2D eigenvalue weighted by atomic mass is 10.1. The van der Waals surface area contributed by atoms with Crippen molar-refractivity contribution in [2.45, 2.75) is 45.9 Å². The summed E-state index contributed by atoms with van der Waals surface area (Å²) in [5.74, 6) is 0.948. The van der Waals surface area contributed by atoms with E-state index < -0.39 is 6.10 Å². The van der Waals surface area contributed by atoms with Gasteiger partial charge in [-0.25, -0.2) is 0 Å². The van der Waals surface area contributed by atoms with Crippen molar-refractivity contribution in [3.05, 3.63) is 59.7 Å². The molecular weight excluding hydrogens is 368 g/mol. The fourth-order valence-electron chi connectivity index (χ4n) is 2.79. The molecule has 0 aromatic heterocycles. The van der Waals surface area contributed by atoms with Crippen LogP contribution in [0.15, 0.2) is 48.5 Å². The van der Waals surface area contributed by atoms with E-state index >= 15 is 0 Å². The predicted octanol–water partition coefficient (Wildman–Crippen LogP) is 3.20. The second-order valence-electron chi connectivity index (χ2n) is 7.86. The molecule has 1 amide bonds. The Kier molecular flexibility index (Phi) is 8.49. The predicted molar refractivity (Wildman–Crippen MR) is 114 cm³/mol. The van der Waals surface area contributed by atoms with Crippen LogP contribution in [0.3, 0.4) is 0 Å². The summed E-state index contributed by atoms with van der Waals surface area (Å²) in [5.41, 5.74) is 1.58. The number of hydrogen-bond donors (Lipinski definition) is 3. The lowest BCUT2D eigenvalue weighted by Crippen LogP contribution is -2.43. The highest BCUT2D eigenvalue weighted by molar-refractivity contribution is 5.78. The van der Waals surface area contributed by atoms with E-state index in [9.17, 15) is 9.90 Å². The van der Waals surface area contributed by atoms with Crippen LogP contribution in [0, 0.1) is 0 Å². The van der Waals surface area contributed by atoms with E-state index in [1.165, 1.54) is 0 Å². The zero-order chi connectivity index (χ0) is 21.3. The van der Waals surface area contributed by atoms with Gasteiger partial charge in [0.2, 0.25) is 0 Å². The Hall–Kier alpha value is -2.57. The molecule has 0 spiro atoms. The van der Waals surface area contributed by atoms with Crippen LogP contribution in [0.4, 0.5) is 0 Å². The smallest absolute Gasteiger partial charge is 0.258 e. The van der Waals surface area contributed by atoms with Gasteiger partial charge in [-0.05, 0) is 51.0 Å². The van der Waals surface area contributed by atoms with Crippen LogP contribution in [0.5, 0.6) is 11.5 Å². The summed E-state index contributed by atoms with van der Waals surface area (Å²) in [4.78, 5) is 12.0. The normalized spacial score (nSPS) is 12.3. The average molecular weight is 401 g/mol. The maximum Gasteiger partial charge on any atom is 0.258 e. The van der Waals surface area contributed by atoms with Gasteiger partial charge in [0, 0.05) is 18.6 Å². The van der Waals surface area contributed by atoms with Crippen molar-refractivity contribution in [1.82, 2.24) is 10.6 Å². The molecule has 0 aliphatic heterocycles. The van der Waals surface area contributed by atoms with Crippen molar-refractivity contribution >= 4 is 5.91 Å². The first-order valence-electron chi connectivity index (χ1n) is 9.91. The monoisotopic (exact) mass is 400 g/mol. The quantitative estimate of drug-likeness (QED) is 0.571. The van der Waals surface area contributed by atoms with Gasteiger partial charge in [-0.3, -0.25) is 4.79 Å². The van der Waals surface area contributed by atoms with Gasteiger partial charge in [-0.1, -0.05) is 36.4 Å². The minimum Gasteiger partial charge on any atom is -0.490 e. The van der Waals surface area contributed by atoms with Crippen molar-refractivity contribution < 1.29 is 19.4 Å². The van der Waals surface area contributed by atoms with Crippen LogP contribution in [0.1, 0.15) is 44.9 Å². The SMILES string of the molecule is CCOc1cc(CNCC(O)c2ccccc2)ccc1OCC(=O)NC(C)(C)C. The Morgan fingerprint density at radius 2 is 1.79 bits per heavy atom. The van der Waals surface area contributed by atoms with Gasteiger partial charge in [-0.15, -0.1) is 0 Å². The molecule has 6 nitrogen and oxygen atoms in total. The molecule has 6 heteroatoms. The summed E-state index contributed by atoms with van der Waals surface area (Å²) < 4.78 is 11.3. The third-order valence-electron chi connectivity index (χ3n) is 4.03. The maximum atomic E-state index is 12.0. The van der Waals surface area contributed by atoms with Crippen LogP contribution in [0.25, 0.3) is 0 Å². The Bertz CT molecular complexity index is 772. The number of amides is 1. The fourth-order valence-corrected chi connectivity index (χ4v) is 2.79. The van der Waals surface area contributed by atoms with Crippen LogP contribution < -0.4 is 20.1 Å². The number of carbonyl (C=O) groups excluding carboxylic acids is 1. The lowest BCUT2D eigenvalue weighted by Gasteiger charge is -2.21. The number of rotatable bonds is 10. The van der Waals surface area contributed by atoms with E-state index in [4.69, 9.17) is 9.47 Å². The number of benzene rings is 2. The number of carbonyl (C=O) groups is 1. The average Bonchev–Trinajstić information content (AvgIpc) is 2.67. The third-order valence-corrected chi connectivity index (χ3v) is 4.03. The summed E-state index contributed by atoms with van der Waals surface area (Å²) >= 11 is 0. The zero-order valence-electron chi connectivity index (χ0n) is 17.7. The molecule has 0 aliphatic rings. The zero-order valence-corrected chi connectivity index (χ0v) is 17.7. The summed E-state index contributed by atoms with van der Waals surface area (Å²) in [6, 6.07) is 15.2. The number of nitrogens with one attached hydrogen (secondary N) is 2. The molecule has 29 heavy (non-hydrogen) atoms. The number of aliphatic hydroxyl groups is 1. The molecule has 1 unspecified atom stereocenters. The molecule has 3 N–H and O–H groups in total. The number of ether oxygens (including phenoxy) is 2. The van der Waals surface area contributed by atoms with E-state index in [-0.39, 0.29) is 18.1 Å². The molecule has 0 bridgehead atoms. The minimum atomic E-state index is -0.563. The first-order chi connectivity index (χ1) is 13.8. The van der Waals surface area contributed by atoms with Gasteiger partial charge in [0.25, 0.3) is 5.91 Å². The molecule has 0 saturated heterocycles. The van der Waals surface area contributed by atoms with Crippen LogP contribution in [0.2, 0.25) is 0 Å². The molecule has 158 valence electrons. The molecule has 0 saturated carbocycles. The second-order valence-corrected chi connectivity index (χ2v) is 7.86. The molecule has 2 aromatic rings. The molecule has 2 aromatic carbocycles. The van der Waals surface area contributed by atoms with Crippen molar-refractivity contribution in [2.75, 3.05) is 19.8 Å². The van der Waals surface area contributed by atoms with Crippen molar-refractivity contribution in [3.8, 4) is 11.5 Å². The Morgan fingerprint density at radius 1 is 1.07 bits per heavy atom. The van der Waals surface area contributed by atoms with E-state index in [1.807, 2.05) is 70.2 Å². The van der Waals surface area contributed by atoms with Gasteiger partial charge in [0.15, 0.2) is 18.1 Å². The molecule has 2 rings (SSSR count). The van der Waals surface area contributed by atoms with Crippen LogP contribution in [-0.2, 0) is 11.3 Å². The van der Waals surface area contributed by atoms with Gasteiger partial charge < -0.3 is 25.2 Å². The van der Waals surface area contributed by atoms with E-state index in [1.54, 1.807) is 6.07 Å². The number of aliphatic hydroxyl groups excluding tert-OH is 1. The highest BCUT2D eigenvalue weighted by Gasteiger charge is 2.15. The molecule has 0 fully saturated rings. The van der Waals surface area contributed by atoms with Crippen molar-refractivity contribution in [1.29, 1.82) is 0 Å². The molecule has 1 atom stereocenters. The Balaban J connectivity index is 1.91. The largest absolute Gasteiger partial charge is 0.490 e. The fraction of sp³-hybridized carbons (Fsp3) is 0.435. The second kappa shape index (κ2) is 10.8. The highest BCUT2D eigenvalue weighted by atomic mass is 16.5. The van der Waals surface area contributed by atoms with Gasteiger partial charge in [0.05, 0.1) is 12.7 Å². The standard InChI is InChI=1S/C23H32N2O4/c1-5-28-21-13-17(14-24-15-19(26)18-9-7-6-8-10-18)11-12-20(21)29-16-22(27)25-23(2,3)4/h6-13,19,24,26H,5,14-16H2,1-4H3,(H,25,27). The summed E-state index contributed by atoms with van der Waals surface area (Å²) in [7, 11) is 0. The topological polar surface area (TPSA) is 79.8 Å². The summed E-state index contributed by atoms with van der Waals surface area (Å²) in [6.07, 6.45) is -0.563. The van der Waals surface area contributed by atoms with Crippen LogP contribution >= 0.6 is 0 Å². The maximum absolute atomic E-state index is 12.0. The summed E-state index contributed by atoms with van der Waals surface area (Å²) in [6.45, 7) is 9.12. The van der Waals surface area contributed by atoms with Gasteiger partial charge in [-0.2, -0.15) is 0 Å². The van der Waals surface area contributed by atoms with Gasteiger partial charge in [0.1, 0.15) is 0 Å². The van der Waals surface area contributed by atoms with Crippen molar-refractivity contribution in [3.63, 3.8) is 0 Å².